The fourth-order valence-electron chi connectivity index (χ4n) is 5.32. The van der Waals surface area contributed by atoms with Crippen molar-refractivity contribution in [1.82, 2.24) is 9.97 Å². The van der Waals surface area contributed by atoms with E-state index in [4.69, 9.17) is 9.97 Å². The number of benzene rings is 5. The van der Waals surface area contributed by atoms with Gasteiger partial charge in [-0.15, -0.1) is 0 Å². The molecule has 2 nitrogen and oxygen atoms in total. The van der Waals surface area contributed by atoms with Crippen molar-refractivity contribution in [2.45, 2.75) is 0 Å². The Morgan fingerprint density at radius 3 is 1.15 bits per heavy atom. The molecule has 0 fully saturated rings. The lowest BCUT2D eigenvalue weighted by molar-refractivity contribution is 1.41. The van der Waals surface area contributed by atoms with Gasteiger partial charge in [0, 0.05) is 34.3 Å². The highest BCUT2D eigenvalue weighted by Crippen LogP contribution is 2.45. The Labute approximate surface area is 197 Å². The molecule has 0 bridgehead atoms. The highest BCUT2D eigenvalue weighted by molar-refractivity contribution is 6.24. The summed E-state index contributed by atoms with van der Waals surface area (Å²) in [7, 11) is 0. The molecule has 7 rings (SSSR count). The van der Waals surface area contributed by atoms with Crippen molar-refractivity contribution >= 4 is 43.4 Å². The van der Waals surface area contributed by atoms with Crippen LogP contribution in [0.3, 0.4) is 0 Å². The van der Waals surface area contributed by atoms with Gasteiger partial charge in [-0.3, -0.25) is 9.97 Å². The first-order valence-electron chi connectivity index (χ1n) is 11.5. The normalized spacial score (nSPS) is 11.5. The van der Waals surface area contributed by atoms with Crippen LogP contribution in [-0.2, 0) is 0 Å². The molecule has 0 spiro atoms. The number of aromatic nitrogens is 2. The first-order chi connectivity index (χ1) is 16.9. The number of fused-ring (bicyclic) bond motifs is 4. The molecule has 2 heterocycles. The second-order valence-electron chi connectivity index (χ2n) is 8.60. The summed E-state index contributed by atoms with van der Waals surface area (Å²) in [6.07, 6.45) is 3.76. The molecule has 0 aliphatic heterocycles. The average Bonchev–Trinajstić information content (AvgIpc) is 2.91. The molecule has 5 aromatic carbocycles. The topological polar surface area (TPSA) is 25.8 Å². The summed E-state index contributed by atoms with van der Waals surface area (Å²) < 4.78 is 0. The predicted molar refractivity (Wildman–Crippen MR) is 143 cm³/mol. The summed E-state index contributed by atoms with van der Waals surface area (Å²) >= 11 is 0. The van der Waals surface area contributed by atoms with E-state index in [0.29, 0.717) is 0 Å². The lowest BCUT2D eigenvalue weighted by Crippen LogP contribution is -1.93. The average molecular weight is 433 g/mol. The van der Waals surface area contributed by atoms with E-state index in [2.05, 4.69) is 97.1 Å². The summed E-state index contributed by atoms with van der Waals surface area (Å²) in [4.78, 5) is 9.57. The molecule has 0 aliphatic rings. The molecule has 0 unspecified atom stereocenters. The maximum atomic E-state index is 4.78. The Morgan fingerprint density at radius 1 is 0.353 bits per heavy atom. The highest BCUT2D eigenvalue weighted by atomic mass is 14.7. The van der Waals surface area contributed by atoms with Crippen molar-refractivity contribution in [2.75, 3.05) is 0 Å². The smallest absolute Gasteiger partial charge is 0.0780 e. The Balaban J connectivity index is 1.70. The third-order valence-electron chi connectivity index (χ3n) is 6.74. The zero-order valence-electron chi connectivity index (χ0n) is 18.4. The van der Waals surface area contributed by atoms with Crippen LogP contribution >= 0.6 is 0 Å². The summed E-state index contributed by atoms with van der Waals surface area (Å²) in [6, 6.07) is 38.6. The molecule has 34 heavy (non-hydrogen) atoms. The van der Waals surface area contributed by atoms with Gasteiger partial charge >= 0.3 is 0 Å². The van der Waals surface area contributed by atoms with E-state index < -0.39 is 0 Å². The SMILES string of the molecule is c1cnc2c(-c3c4ccccc4c(-c4cccc5cccnc45)c4ccccc34)cccc2c1. The van der Waals surface area contributed by atoms with Gasteiger partial charge in [0.15, 0.2) is 0 Å². The molecule has 0 amide bonds. The molecular weight excluding hydrogens is 412 g/mol. The van der Waals surface area contributed by atoms with E-state index >= 15 is 0 Å². The maximum absolute atomic E-state index is 4.78. The Morgan fingerprint density at radius 2 is 0.735 bits per heavy atom. The Bertz CT molecular complexity index is 1660. The van der Waals surface area contributed by atoms with E-state index in [1.807, 2.05) is 24.5 Å². The number of para-hydroxylation sites is 2. The van der Waals surface area contributed by atoms with Gasteiger partial charge in [0.1, 0.15) is 0 Å². The van der Waals surface area contributed by atoms with Gasteiger partial charge < -0.3 is 0 Å². The molecule has 0 radical (unpaired) electrons. The van der Waals surface area contributed by atoms with Crippen LogP contribution in [0, 0.1) is 0 Å². The predicted octanol–water partition coefficient (Wildman–Crippen LogP) is 8.42. The fraction of sp³-hybridized carbons (Fsp3) is 0. The van der Waals surface area contributed by atoms with E-state index in [1.54, 1.807) is 0 Å². The zero-order chi connectivity index (χ0) is 22.5. The monoisotopic (exact) mass is 432 g/mol. The molecule has 0 atom stereocenters. The van der Waals surface area contributed by atoms with Crippen LogP contribution in [0.5, 0.6) is 0 Å². The maximum Gasteiger partial charge on any atom is 0.0780 e. The summed E-state index contributed by atoms with van der Waals surface area (Å²) in [5.74, 6) is 0. The second-order valence-corrected chi connectivity index (χ2v) is 8.60. The van der Waals surface area contributed by atoms with E-state index in [0.717, 1.165) is 32.9 Å². The lowest BCUT2D eigenvalue weighted by Gasteiger charge is -2.19. The number of pyridine rings is 2. The molecule has 0 aliphatic carbocycles. The number of hydrogen-bond donors (Lipinski definition) is 0. The third kappa shape index (κ3) is 2.76. The van der Waals surface area contributed by atoms with Crippen molar-refractivity contribution in [3.05, 3.63) is 122 Å². The zero-order valence-corrected chi connectivity index (χ0v) is 18.4. The number of rotatable bonds is 2. The van der Waals surface area contributed by atoms with Crippen LogP contribution in [0.25, 0.3) is 65.6 Å². The minimum atomic E-state index is 1.03. The molecule has 0 saturated heterocycles. The molecule has 2 aromatic heterocycles. The van der Waals surface area contributed by atoms with E-state index in [9.17, 15) is 0 Å². The Hall–Kier alpha value is -4.56. The third-order valence-corrected chi connectivity index (χ3v) is 6.74. The molecular formula is C32H20N2. The van der Waals surface area contributed by atoms with Gasteiger partial charge in [-0.2, -0.15) is 0 Å². The largest absolute Gasteiger partial charge is 0.256 e. The van der Waals surface area contributed by atoms with Crippen LogP contribution in [0.4, 0.5) is 0 Å². The van der Waals surface area contributed by atoms with Gasteiger partial charge in [0.05, 0.1) is 11.0 Å². The second kappa shape index (κ2) is 7.50. The van der Waals surface area contributed by atoms with E-state index in [1.165, 1.54) is 32.7 Å². The molecule has 158 valence electrons. The summed E-state index contributed by atoms with van der Waals surface area (Å²) in [5, 5.41) is 7.19. The van der Waals surface area contributed by atoms with Crippen LogP contribution in [0.1, 0.15) is 0 Å². The van der Waals surface area contributed by atoms with Crippen LogP contribution in [0.2, 0.25) is 0 Å². The van der Waals surface area contributed by atoms with Crippen molar-refractivity contribution in [3.63, 3.8) is 0 Å². The van der Waals surface area contributed by atoms with Crippen LogP contribution < -0.4 is 0 Å². The number of hydrogen-bond acceptors (Lipinski definition) is 2. The minimum absolute atomic E-state index is 1.03. The van der Waals surface area contributed by atoms with Crippen molar-refractivity contribution in [1.29, 1.82) is 0 Å². The van der Waals surface area contributed by atoms with Gasteiger partial charge in [0.2, 0.25) is 0 Å². The summed E-state index contributed by atoms with van der Waals surface area (Å²) in [6.45, 7) is 0. The van der Waals surface area contributed by atoms with Crippen molar-refractivity contribution < 1.29 is 0 Å². The molecule has 0 saturated carbocycles. The number of nitrogens with zero attached hydrogens (tertiary/aromatic N) is 2. The van der Waals surface area contributed by atoms with E-state index in [-0.39, 0.29) is 0 Å². The Kier molecular flexibility index (Phi) is 4.18. The van der Waals surface area contributed by atoms with Crippen molar-refractivity contribution in [2.24, 2.45) is 0 Å². The minimum Gasteiger partial charge on any atom is -0.256 e. The van der Waals surface area contributed by atoms with Crippen LogP contribution in [-0.4, -0.2) is 9.97 Å². The molecule has 7 aromatic rings. The fourth-order valence-corrected chi connectivity index (χ4v) is 5.32. The molecule has 0 N–H and O–H groups in total. The van der Waals surface area contributed by atoms with Gasteiger partial charge in [-0.05, 0) is 44.8 Å². The van der Waals surface area contributed by atoms with Gasteiger partial charge in [0.25, 0.3) is 0 Å². The standard InChI is InChI=1S/C32H20N2/c1-2-14-24-23(13-1)29(27-17-5-9-21-11-7-19-33-31(21)27)25-15-3-4-16-26(25)30(24)28-18-6-10-22-12-8-20-34-32(22)28/h1-20H. The quantitative estimate of drug-likeness (QED) is 0.256. The van der Waals surface area contributed by atoms with Crippen LogP contribution in [0.15, 0.2) is 122 Å². The summed E-state index contributed by atoms with van der Waals surface area (Å²) in [5.41, 5.74) is 6.83. The first kappa shape index (κ1) is 19.0. The lowest BCUT2D eigenvalue weighted by atomic mass is 9.85. The van der Waals surface area contributed by atoms with Gasteiger partial charge in [-0.1, -0.05) is 97.1 Å². The molecule has 2 heteroatoms. The highest BCUT2D eigenvalue weighted by Gasteiger charge is 2.19. The van der Waals surface area contributed by atoms with Crippen molar-refractivity contribution in [3.8, 4) is 22.3 Å². The first-order valence-corrected chi connectivity index (χ1v) is 11.5. The van der Waals surface area contributed by atoms with Gasteiger partial charge in [-0.25, -0.2) is 0 Å².